The molecule has 0 saturated heterocycles. The molecule has 16 heavy (non-hydrogen) atoms. The smallest absolute Gasteiger partial charge is 0.421 e. The average Bonchev–Trinajstić information content (AvgIpc) is 2.17. The third kappa shape index (κ3) is 2.78. The number of benzene rings is 1. The second kappa shape index (κ2) is 4.91. The lowest BCUT2D eigenvalue weighted by Gasteiger charge is -2.15. The molecule has 0 heterocycles. The number of hydrogen-bond donors (Lipinski definition) is 0. The lowest BCUT2D eigenvalue weighted by atomic mass is 10.2. The SMILES string of the molecule is CCCOc1ccc(F)c(Cl)c1C(F)(F)F. The minimum Gasteiger partial charge on any atom is -0.493 e. The minimum absolute atomic E-state index is 0.116. The van der Waals surface area contributed by atoms with E-state index >= 15 is 0 Å². The number of alkyl halides is 3. The predicted octanol–water partition coefficient (Wildman–Crippen LogP) is 4.29. The van der Waals surface area contributed by atoms with E-state index in [1.807, 2.05) is 0 Å². The zero-order chi connectivity index (χ0) is 12.3. The van der Waals surface area contributed by atoms with E-state index in [0.717, 1.165) is 12.1 Å². The molecule has 0 amide bonds. The van der Waals surface area contributed by atoms with E-state index in [1.165, 1.54) is 0 Å². The third-order valence-corrected chi connectivity index (χ3v) is 2.17. The molecule has 1 nitrogen and oxygen atoms in total. The molecule has 0 N–H and O–H groups in total. The van der Waals surface area contributed by atoms with Gasteiger partial charge in [-0.1, -0.05) is 18.5 Å². The quantitative estimate of drug-likeness (QED) is 0.733. The molecule has 0 aliphatic rings. The van der Waals surface area contributed by atoms with Crippen molar-refractivity contribution in [2.24, 2.45) is 0 Å². The van der Waals surface area contributed by atoms with Gasteiger partial charge in [-0.05, 0) is 18.6 Å². The van der Waals surface area contributed by atoms with Gasteiger partial charge in [0.2, 0.25) is 0 Å². The number of ether oxygens (including phenoxy) is 1. The summed E-state index contributed by atoms with van der Waals surface area (Å²) in [6, 6.07) is 1.78. The van der Waals surface area contributed by atoms with E-state index in [9.17, 15) is 17.6 Å². The van der Waals surface area contributed by atoms with Gasteiger partial charge < -0.3 is 4.74 Å². The van der Waals surface area contributed by atoms with E-state index in [1.54, 1.807) is 6.92 Å². The van der Waals surface area contributed by atoms with Crippen LogP contribution >= 0.6 is 11.6 Å². The van der Waals surface area contributed by atoms with Crippen molar-refractivity contribution >= 4 is 11.6 Å². The monoisotopic (exact) mass is 256 g/mol. The lowest BCUT2D eigenvalue weighted by Crippen LogP contribution is -2.11. The van der Waals surface area contributed by atoms with Gasteiger partial charge in [-0.2, -0.15) is 13.2 Å². The normalized spacial score (nSPS) is 11.6. The zero-order valence-corrected chi connectivity index (χ0v) is 9.12. The van der Waals surface area contributed by atoms with Crippen LogP contribution in [-0.2, 0) is 6.18 Å². The molecule has 0 bridgehead atoms. The highest BCUT2D eigenvalue weighted by atomic mass is 35.5. The first kappa shape index (κ1) is 13.1. The van der Waals surface area contributed by atoms with Gasteiger partial charge in [0.1, 0.15) is 17.1 Å². The van der Waals surface area contributed by atoms with Crippen LogP contribution in [-0.4, -0.2) is 6.61 Å². The molecule has 0 radical (unpaired) electrons. The van der Waals surface area contributed by atoms with Crippen molar-refractivity contribution in [3.63, 3.8) is 0 Å². The Morgan fingerprint density at radius 3 is 2.44 bits per heavy atom. The molecular formula is C10H9ClF4O. The maximum atomic E-state index is 12.9. The Kier molecular flexibility index (Phi) is 4.02. The Balaban J connectivity index is 3.22. The summed E-state index contributed by atoms with van der Waals surface area (Å²) in [5.74, 6) is -1.56. The summed E-state index contributed by atoms with van der Waals surface area (Å²) < 4.78 is 55.6. The van der Waals surface area contributed by atoms with Gasteiger partial charge in [-0.25, -0.2) is 4.39 Å². The standard InChI is InChI=1S/C10H9ClF4O/c1-2-5-16-7-4-3-6(12)9(11)8(7)10(13,14)15/h3-4H,2,5H2,1H3. The van der Waals surface area contributed by atoms with E-state index in [2.05, 4.69) is 0 Å². The topological polar surface area (TPSA) is 9.23 Å². The van der Waals surface area contributed by atoms with E-state index in [-0.39, 0.29) is 6.61 Å². The first-order chi connectivity index (χ1) is 7.38. The largest absolute Gasteiger partial charge is 0.493 e. The van der Waals surface area contributed by atoms with E-state index in [4.69, 9.17) is 16.3 Å². The highest BCUT2D eigenvalue weighted by molar-refractivity contribution is 6.31. The minimum atomic E-state index is -4.73. The van der Waals surface area contributed by atoms with Gasteiger partial charge >= 0.3 is 6.18 Å². The fraction of sp³-hybridized carbons (Fsp3) is 0.400. The number of hydrogen-bond acceptors (Lipinski definition) is 1. The second-order valence-electron chi connectivity index (χ2n) is 3.08. The molecular weight excluding hydrogens is 248 g/mol. The fourth-order valence-electron chi connectivity index (χ4n) is 1.13. The van der Waals surface area contributed by atoms with E-state index < -0.39 is 28.3 Å². The van der Waals surface area contributed by atoms with Crippen LogP contribution in [0.3, 0.4) is 0 Å². The summed E-state index contributed by atoms with van der Waals surface area (Å²) in [6.45, 7) is 1.86. The van der Waals surface area contributed by atoms with Crippen molar-refractivity contribution in [2.75, 3.05) is 6.61 Å². The molecule has 0 unspecified atom stereocenters. The van der Waals surface area contributed by atoms with Crippen molar-refractivity contribution in [3.8, 4) is 5.75 Å². The van der Waals surface area contributed by atoms with Crippen molar-refractivity contribution in [1.29, 1.82) is 0 Å². The van der Waals surface area contributed by atoms with Crippen LogP contribution in [0.5, 0.6) is 5.75 Å². The highest BCUT2D eigenvalue weighted by Gasteiger charge is 2.38. The Morgan fingerprint density at radius 1 is 1.31 bits per heavy atom. The zero-order valence-electron chi connectivity index (χ0n) is 8.37. The maximum Gasteiger partial charge on any atom is 0.421 e. The van der Waals surface area contributed by atoms with Crippen LogP contribution in [0.1, 0.15) is 18.9 Å². The third-order valence-electron chi connectivity index (χ3n) is 1.80. The Hall–Kier alpha value is -0.970. The summed E-state index contributed by atoms with van der Waals surface area (Å²) in [5, 5.41) is -0.957. The molecule has 0 saturated carbocycles. The summed E-state index contributed by atoms with van der Waals surface area (Å²) in [7, 11) is 0. The van der Waals surface area contributed by atoms with Crippen LogP contribution in [0.2, 0.25) is 5.02 Å². The van der Waals surface area contributed by atoms with Gasteiger partial charge in [0.05, 0.1) is 11.6 Å². The van der Waals surface area contributed by atoms with Crippen molar-refractivity contribution in [3.05, 3.63) is 28.5 Å². The summed E-state index contributed by atoms with van der Waals surface area (Å²) in [5.41, 5.74) is -1.26. The fourth-order valence-corrected chi connectivity index (χ4v) is 1.39. The van der Waals surface area contributed by atoms with Crippen LogP contribution in [0.4, 0.5) is 17.6 Å². The van der Waals surface area contributed by atoms with Gasteiger partial charge in [0.15, 0.2) is 0 Å². The summed E-state index contributed by atoms with van der Waals surface area (Å²) in [6.07, 6.45) is -4.19. The van der Waals surface area contributed by atoms with Crippen LogP contribution in [0.15, 0.2) is 12.1 Å². The molecule has 0 fully saturated rings. The number of rotatable bonds is 3. The first-order valence-corrected chi connectivity index (χ1v) is 4.93. The van der Waals surface area contributed by atoms with Gasteiger partial charge in [-0.3, -0.25) is 0 Å². The lowest BCUT2D eigenvalue weighted by molar-refractivity contribution is -0.139. The van der Waals surface area contributed by atoms with Crippen molar-refractivity contribution in [2.45, 2.75) is 19.5 Å². The molecule has 0 aliphatic carbocycles. The molecule has 1 aromatic carbocycles. The van der Waals surface area contributed by atoms with Crippen molar-refractivity contribution < 1.29 is 22.3 Å². The summed E-state index contributed by atoms with van der Waals surface area (Å²) >= 11 is 5.29. The van der Waals surface area contributed by atoms with Crippen molar-refractivity contribution in [1.82, 2.24) is 0 Å². The van der Waals surface area contributed by atoms with Crippen LogP contribution in [0.25, 0.3) is 0 Å². The Morgan fingerprint density at radius 2 is 1.94 bits per heavy atom. The average molecular weight is 257 g/mol. The summed E-state index contributed by atoms with van der Waals surface area (Å²) in [4.78, 5) is 0. The van der Waals surface area contributed by atoms with E-state index in [0.29, 0.717) is 6.42 Å². The van der Waals surface area contributed by atoms with Gasteiger partial charge in [0, 0.05) is 0 Å². The molecule has 0 aromatic heterocycles. The van der Waals surface area contributed by atoms with Crippen LogP contribution in [0, 0.1) is 5.82 Å². The molecule has 0 spiro atoms. The first-order valence-electron chi connectivity index (χ1n) is 4.56. The molecule has 90 valence electrons. The molecule has 0 aliphatic heterocycles. The molecule has 1 aromatic rings. The highest BCUT2D eigenvalue weighted by Crippen LogP contribution is 2.42. The number of halogens is 5. The van der Waals surface area contributed by atoms with Crippen LogP contribution < -0.4 is 4.74 Å². The Labute approximate surface area is 95.0 Å². The molecule has 1 rings (SSSR count). The molecule has 0 atom stereocenters. The predicted molar refractivity (Wildman–Crippen MR) is 52.2 cm³/mol. The van der Waals surface area contributed by atoms with Gasteiger partial charge in [0.25, 0.3) is 0 Å². The van der Waals surface area contributed by atoms with Gasteiger partial charge in [-0.15, -0.1) is 0 Å². The molecule has 6 heteroatoms. The second-order valence-corrected chi connectivity index (χ2v) is 3.46. The maximum absolute atomic E-state index is 12.9. The Bertz CT molecular complexity index is 376.